The quantitative estimate of drug-likeness (QED) is 0.529. The standard InChI is InChI=1S/C9H3ClF4N2/c10-7-4-2-1-3-5(11)6(4)15-8(16-7)9(12,13)14/h1-3H. The summed E-state index contributed by atoms with van der Waals surface area (Å²) in [4.78, 5) is 6.19. The minimum atomic E-state index is -4.75. The molecule has 0 spiro atoms. The van der Waals surface area contributed by atoms with Crippen molar-refractivity contribution in [2.75, 3.05) is 0 Å². The molecule has 2 nitrogen and oxygen atoms in total. The molecule has 0 bridgehead atoms. The van der Waals surface area contributed by atoms with Gasteiger partial charge in [0, 0.05) is 5.39 Å². The summed E-state index contributed by atoms with van der Waals surface area (Å²) in [5, 5.41) is -0.369. The van der Waals surface area contributed by atoms with Gasteiger partial charge in [-0.3, -0.25) is 0 Å². The highest BCUT2D eigenvalue weighted by molar-refractivity contribution is 6.34. The van der Waals surface area contributed by atoms with Gasteiger partial charge >= 0.3 is 6.18 Å². The summed E-state index contributed by atoms with van der Waals surface area (Å²) >= 11 is 5.52. The van der Waals surface area contributed by atoms with Gasteiger partial charge in [0.2, 0.25) is 5.82 Å². The zero-order valence-electron chi connectivity index (χ0n) is 7.52. The van der Waals surface area contributed by atoms with E-state index in [1.54, 1.807) is 0 Å². The van der Waals surface area contributed by atoms with Gasteiger partial charge in [0.1, 0.15) is 16.5 Å². The first kappa shape index (κ1) is 11.1. The summed E-state index contributed by atoms with van der Waals surface area (Å²) in [6.07, 6.45) is -4.75. The van der Waals surface area contributed by atoms with Gasteiger partial charge in [-0.15, -0.1) is 0 Å². The normalized spacial score (nSPS) is 12.1. The first-order valence-electron chi connectivity index (χ1n) is 4.08. The number of fused-ring (bicyclic) bond motifs is 1. The second kappa shape index (κ2) is 3.55. The predicted octanol–water partition coefficient (Wildman–Crippen LogP) is 3.44. The van der Waals surface area contributed by atoms with Crippen LogP contribution >= 0.6 is 11.6 Å². The van der Waals surface area contributed by atoms with Crippen molar-refractivity contribution in [2.45, 2.75) is 6.18 Å². The maximum atomic E-state index is 13.2. The van der Waals surface area contributed by atoms with Gasteiger partial charge in [-0.2, -0.15) is 13.2 Å². The number of para-hydroxylation sites is 1. The summed E-state index contributed by atoms with van der Waals surface area (Å²) in [6, 6.07) is 3.67. The number of alkyl halides is 3. The van der Waals surface area contributed by atoms with Crippen molar-refractivity contribution in [3.8, 4) is 0 Å². The zero-order chi connectivity index (χ0) is 11.9. The number of hydrogen-bond donors (Lipinski definition) is 0. The van der Waals surface area contributed by atoms with E-state index in [2.05, 4.69) is 9.97 Å². The largest absolute Gasteiger partial charge is 0.451 e. The third kappa shape index (κ3) is 1.80. The van der Waals surface area contributed by atoms with E-state index in [1.165, 1.54) is 12.1 Å². The third-order valence-electron chi connectivity index (χ3n) is 1.88. The molecule has 1 heterocycles. The molecule has 16 heavy (non-hydrogen) atoms. The van der Waals surface area contributed by atoms with E-state index in [4.69, 9.17) is 11.6 Å². The fourth-order valence-electron chi connectivity index (χ4n) is 1.21. The Balaban J connectivity index is 2.81. The number of rotatable bonds is 0. The lowest BCUT2D eigenvalue weighted by atomic mass is 10.2. The molecule has 84 valence electrons. The molecule has 1 aromatic carbocycles. The van der Waals surface area contributed by atoms with Crippen molar-refractivity contribution < 1.29 is 17.6 Å². The third-order valence-corrected chi connectivity index (χ3v) is 2.17. The van der Waals surface area contributed by atoms with E-state index in [1.807, 2.05) is 0 Å². The van der Waals surface area contributed by atoms with E-state index >= 15 is 0 Å². The second-order valence-electron chi connectivity index (χ2n) is 2.97. The van der Waals surface area contributed by atoms with Gasteiger partial charge in [0.25, 0.3) is 0 Å². The molecule has 1 aromatic heterocycles. The van der Waals surface area contributed by atoms with E-state index in [9.17, 15) is 17.6 Å². The van der Waals surface area contributed by atoms with Crippen LogP contribution < -0.4 is 0 Å². The van der Waals surface area contributed by atoms with Crippen LogP contribution in [0.1, 0.15) is 5.82 Å². The molecule has 0 saturated heterocycles. The minimum Gasteiger partial charge on any atom is -0.221 e. The number of benzene rings is 1. The molecular formula is C9H3ClF4N2. The maximum absolute atomic E-state index is 13.2. The monoisotopic (exact) mass is 250 g/mol. The van der Waals surface area contributed by atoms with Crippen molar-refractivity contribution in [3.63, 3.8) is 0 Å². The topological polar surface area (TPSA) is 25.8 Å². The smallest absolute Gasteiger partial charge is 0.221 e. The van der Waals surface area contributed by atoms with Crippen molar-refractivity contribution in [2.24, 2.45) is 0 Å². The predicted molar refractivity (Wildman–Crippen MR) is 49.5 cm³/mol. The highest BCUT2D eigenvalue weighted by Gasteiger charge is 2.35. The lowest BCUT2D eigenvalue weighted by Crippen LogP contribution is -2.11. The van der Waals surface area contributed by atoms with E-state index < -0.39 is 28.5 Å². The summed E-state index contributed by atoms with van der Waals surface area (Å²) in [5.74, 6) is -2.32. The van der Waals surface area contributed by atoms with Gasteiger partial charge in [0.15, 0.2) is 0 Å². The van der Waals surface area contributed by atoms with Crippen LogP contribution in [0, 0.1) is 5.82 Å². The highest BCUT2D eigenvalue weighted by atomic mass is 35.5. The van der Waals surface area contributed by atoms with E-state index in [0.29, 0.717) is 0 Å². The first-order chi connectivity index (χ1) is 7.39. The number of aromatic nitrogens is 2. The molecule has 0 unspecified atom stereocenters. The molecule has 0 aliphatic heterocycles. The van der Waals surface area contributed by atoms with Crippen LogP contribution in [0.25, 0.3) is 10.9 Å². The summed E-state index contributed by atoms with van der Waals surface area (Å²) in [6.45, 7) is 0. The molecule has 0 radical (unpaired) electrons. The molecule has 0 aliphatic rings. The molecule has 0 fully saturated rings. The number of nitrogens with zero attached hydrogens (tertiary/aromatic N) is 2. The lowest BCUT2D eigenvalue weighted by Gasteiger charge is -2.07. The number of hydrogen-bond acceptors (Lipinski definition) is 2. The zero-order valence-corrected chi connectivity index (χ0v) is 8.27. The fourth-order valence-corrected chi connectivity index (χ4v) is 1.44. The Kier molecular flexibility index (Phi) is 2.46. The average Bonchev–Trinajstić information content (AvgIpc) is 2.18. The Bertz CT molecular complexity index is 553. The van der Waals surface area contributed by atoms with Crippen LogP contribution in [-0.4, -0.2) is 9.97 Å². The maximum Gasteiger partial charge on any atom is 0.451 e. The molecule has 0 atom stereocenters. The van der Waals surface area contributed by atoms with Gasteiger partial charge in [0.05, 0.1) is 0 Å². The molecule has 2 rings (SSSR count). The van der Waals surface area contributed by atoms with Gasteiger partial charge in [-0.1, -0.05) is 17.7 Å². The first-order valence-corrected chi connectivity index (χ1v) is 4.46. The Morgan fingerprint density at radius 2 is 1.81 bits per heavy atom. The van der Waals surface area contributed by atoms with Crippen molar-refractivity contribution in [1.29, 1.82) is 0 Å². The van der Waals surface area contributed by atoms with Gasteiger partial charge in [-0.05, 0) is 12.1 Å². The van der Waals surface area contributed by atoms with E-state index in [-0.39, 0.29) is 5.39 Å². The van der Waals surface area contributed by atoms with Crippen LogP contribution in [0.2, 0.25) is 5.15 Å². The Morgan fingerprint density at radius 3 is 2.44 bits per heavy atom. The molecular weight excluding hydrogens is 248 g/mol. The summed E-state index contributed by atoms with van der Waals surface area (Å²) in [5.41, 5.74) is -0.435. The minimum absolute atomic E-state index is 0.0506. The van der Waals surface area contributed by atoms with Crippen molar-refractivity contribution in [3.05, 3.63) is 35.0 Å². The highest BCUT2D eigenvalue weighted by Crippen LogP contribution is 2.30. The molecule has 0 amide bonds. The molecule has 7 heteroatoms. The molecule has 0 aliphatic carbocycles. The second-order valence-corrected chi connectivity index (χ2v) is 3.33. The van der Waals surface area contributed by atoms with Gasteiger partial charge < -0.3 is 0 Å². The fraction of sp³-hybridized carbons (Fsp3) is 0.111. The van der Waals surface area contributed by atoms with Crippen molar-refractivity contribution >= 4 is 22.5 Å². The van der Waals surface area contributed by atoms with E-state index in [0.717, 1.165) is 6.07 Å². The van der Waals surface area contributed by atoms with Crippen LogP contribution in [0.15, 0.2) is 18.2 Å². The van der Waals surface area contributed by atoms with Crippen LogP contribution in [0.5, 0.6) is 0 Å². The number of halogens is 5. The van der Waals surface area contributed by atoms with Crippen LogP contribution in [0.3, 0.4) is 0 Å². The van der Waals surface area contributed by atoms with Gasteiger partial charge in [-0.25, -0.2) is 14.4 Å². The van der Waals surface area contributed by atoms with Crippen molar-refractivity contribution in [1.82, 2.24) is 9.97 Å². The Hall–Kier alpha value is -1.43. The Labute approximate surface area is 91.9 Å². The molecule has 0 saturated carbocycles. The summed E-state index contributed by atoms with van der Waals surface area (Å²) < 4.78 is 50.2. The Morgan fingerprint density at radius 1 is 1.12 bits per heavy atom. The SMILES string of the molecule is Fc1cccc2c(Cl)nc(C(F)(F)F)nc12. The lowest BCUT2D eigenvalue weighted by molar-refractivity contribution is -0.144. The van der Waals surface area contributed by atoms with Crippen LogP contribution in [0.4, 0.5) is 17.6 Å². The van der Waals surface area contributed by atoms with Crippen LogP contribution in [-0.2, 0) is 6.18 Å². The summed E-state index contributed by atoms with van der Waals surface area (Å²) in [7, 11) is 0. The average molecular weight is 251 g/mol. The molecule has 2 aromatic rings. The molecule has 0 N–H and O–H groups in total.